The largest absolute Gasteiger partial charge is 0.488 e. The number of ether oxygens (including phenoxy) is 3. The number of benzene rings is 3. The van der Waals surface area contributed by atoms with E-state index in [-0.39, 0.29) is 25.0 Å². The molecule has 186 valence electrons. The summed E-state index contributed by atoms with van der Waals surface area (Å²) in [6, 6.07) is 21.9. The highest BCUT2D eigenvalue weighted by Crippen LogP contribution is 2.36. The van der Waals surface area contributed by atoms with Gasteiger partial charge in [0.15, 0.2) is 6.10 Å². The summed E-state index contributed by atoms with van der Waals surface area (Å²) >= 11 is 0. The number of carboxylic acid groups (broad SMARTS) is 1. The molecule has 0 aliphatic carbocycles. The van der Waals surface area contributed by atoms with E-state index in [0.29, 0.717) is 31.1 Å². The lowest BCUT2D eigenvalue weighted by Gasteiger charge is -2.38. The fraction of sp³-hybridized carbons (Fsp3) is 0.310. The molecule has 0 spiro atoms. The molecule has 1 N–H and O–H groups in total. The summed E-state index contributed by atoms with van der Waals surface area (Å²) in [5, 5.41) is 10.1. The Morgan fingerprint density at radius 2 is 1.72 bits per heavy atom. The van der Waals surface area contributed by atoms with Crippen LogP contribution in [0.4, 0.5) is 0 Å². The third-order valence-corrected chi connectivity index (χ3v) is 6.73. The van der Waals surface area contributed by atoms with E-state index in [1.54, 1.807) is 0 Å². The van der Waals surface area contributed by atoms with Crippen LogP contribution in [-0.4, -0.2) is 47.2 Å². The van der Waals surface area contributed by atoms with Gasteiger partial charge in [0.05, 0.1) is 13.2 Å². The summed E-state index contributed by atoms with van der Waals surface area (Å²) < 4.78 is 17.5. The number of amides is 1. The molecule has 36 heavy (non-hydrogen) atoms. The van der Waals surface area contributed by atoms with E-state index in [9.17, 15) is 14.7 Å². The average Bonchev–Trinajstić information content (AvgIpc) is 2.87. The first-order valence-electron chi connectivity index (χ1n) is 12.1. The normalized spacial score (nSPS) is 18.1. The van der Waals surface area contributed by atoms with Crippen LogP contribution in [0.1, 0.15) is 33.9 Å². The lowest BCUT2D eigenvalue weighted by Crippen LogP contribution is -2.51. The van der Waals surface area contributed by atoms with Crippen LogP contribution in [-0.2, 0) is 38.6 Å². The maximum atomic E-state index is 13.8. The van der Waals surface area contributed by atoms with Crippen molar-refractivity contribution < 1.29 is 28.9 Å². The number of carboxylic acids is 1. The molecular formula is C29H29NO6. The second-order valence-corrected chi connectivity index (χ2v) is 9.23. The Kier molecular flexibility index (Phi) is 7.02. The Labute approximate surface area is 210 Å². The summed E-state index contributed by atoms with van der Waals surface area (Å²) in [6.07, 6.45) is -0.932. The maximum Gasteiger partial charge on any atom is 0.326 e. The Hall–Kier alpha value is -3.68. The fourth-order valence-electron chi connectivity index (χ4n) is 4.68. The minimum Gasteiger partial charge on any atom is -0.488 e. The number of nitrogens with zero attached hydrogens (tertiary/aromatic N) is 1. The summed E-state index contributed by atoms with van der Waals surface area (Å²) in [4.78, 5) is 27.7. The van der Waals surface area contributed by atoms with Gasteiger partial charge in [0, 0.05) is 18.5 Å². The number of carbonyl (C=O) groups is 2. The van der Waals surface area contributed by atoms with E-state index in [2.05, 4.69) is 0 Å². The van der Waals surface area contributed by atoms with E-state index in [1.807, 2.05) is 79.7 Å². The van der Waals surface area contributed by atoms with Crippen LogP contribution in [0.15, 0.2) is 72.8 Å². The zero-order valence-corrected chi connectivity index (χ0v) is 20.1. The first-order valence-corrected chi connectivity index (χ1v) is 12.1. The van der Waals surface area contributed by atoms with Gasteiger partial charge in [0.25, 0.3) is 5.91 Å². The number of rotatable bonds is 8. The van der Waals surface area contributed by atoms with Gasteiger partial charge in [-0.1, -0.05) is 72.8 Å². The van der Waals surface area contributed by atoms with E-state index in [4.69, 9.17) is 14.2 Å². The number of hydrogen-bond acceptors (Lipinski definition) is 5. The molecule has 7 nitrogen and oxygen atoms in total. The molecule has 1 saturated heterocycles. The minimum absolute atomic E-state index is 0.163. The van der Waals surface area contributed by atoms with Crippen molar-refractivity contribution in [2.24, 2.45) is 0 Å². The number of carbonyl (C=O) groups excluding carboxylic acids is 1. The molecule has 7 heteroatoms. The van der Waals surface area contributed by atoms with Gasteiger partial charge in [0.2, 0.25) is 0 Å². The van der Waals surface area contributed by atoms with Crippen LogP contribution >= 0.6 is 0 Å². The van der Waals surface area contributed by atoms with E-state index in [0.717, 1.165) is 22.3 Å². The first kappa shape index (κ1) is 24.0. The van der Waals surface area contributed by atoms with Crippen LogP contribution < -0.4 is 4.74 Å². The molecule has 2 unspecified atom stereocenters. The molecule has 0 aromatic heterocycles. The lowest BCUT2D eigenvalue weighted by molar-refractivity contribution is -0.180. The Morgan fingerprint density at radius 3 is 2.36 bits per heavy atom. The highest BCUT2D eigenvalue weighted by atomic mass is 16.6. The van der Waals surface area contributed by atoms with Gasteiger partial charge in [-0.3, -0.25) is 4.79 Å². The lowest BCUT2D eigenvalue weighted by atomic mass is 9.90. The number of fused-ring (bicyclic) bond motifs is 1. The molecule has 3 aromatic carbocycles. The van der Waals surface area contributed by atoms with Crippen LogP contribution in [0.2, 0.25) is 0 Å². The second kappa shape index (κ2) is 10.5. The van der Waals surface area contributed by atoms with Gasteiger partial charge in [-0.2, -0.15) is 0 Å². The van der Waals surface area contributed by atoms with Gasteiger partial charge in [-0.05, 0) is 29.2 Å². The van der Waals surface area contributed by atoms with Crippen LogP contribution in [0.3, 0.4) is 0 Å². The highest BCUT2D eigenvalue weighted by molar-refractivity contribution is 5.88. The molecule has 1 fully saturated rings. The molecule has 1 amide bonds. The fourth-order valence-corrected chi connectivity index (χ4v) is 4.68. The molecule has 0 bridgehead atoms. The third kappa shape index (κ3) is 4.98. The van der Waals surface area contributed by atoms with Crippen LogP contribution in [0.25, 0.3) is 0 Å². The topological polar surface area (TPSA) is 85.3 Å². The molecule has 2 atom stereocenters. The summed E-state index contributed by atoms with van der Waals surface area (Å²) in [7, 11) is 0. The Morgan fingerprint density at radius 1 is 1.03 bits per heavy atom. The van der Waals surface area contributed by atoms with Gasteiger partial charge in [-0.25, -0.2) is 4.79 Å². The van der Waals surface area contributed by atoms with Crippen LogP contribution in [0, 0.1) is 6.92 Å². The van der Waals surface area contributed by atoms with Crippen LogP contribution in [0.5, 0.6) is 5.75 Å². The third-order valence-electron chi connectivity index (χ3n) is 6.73. The summed E-state index contributed by atoms with van der Waals surface area (Å²) in [5.74, 6) is -0.723. The predicted octanol–water partition coefficient (Wildman–Crippen LogP) is 4.07. The standard InChI is InChI=1S/C29H29NO6/c1-19-12-13-22-15-30(28(31)27(36-23-17-34-18-23)21-10-6-3-7-11-21)25(29(32)33)14-24(22)26(19)35-16-20-8-4-2-5-9-20/h2-13,23,25,27H,14-18H2,1H3,(H,32,33). The Bertz CT molecular complexity index is 1230. The minimum atomic E-state index is -1.05. The number of aliphatic carboxylic acids is 1. The second-order valence-electron chi connectivity index (χ2n) is 9.23. The summed E-state index contributed by atoms with van der Waals surface area (Å²) in [6.45, 7) is 3.34. The number of aryl methyl sites for hydroxylation is 1. The van der Waals surface area contributed by atoms with Gasteiger partial charge in [0.1, 0.15) is 24.5 Å². The SMILES string of the molecule is Cc1ccc2c(c1OCc1ccccc1)CC(C(=O)O)N(C(=O)C(OC1COC1)c1ccccc1)C2. The Balaban J connectivity index is 1.44. The quantitative estimate of drug-likeness (QED) is 0.516. The van der Waals surface area contributed by atoms with Crippen molar-refractivity contribution in [1.82, 2.24) is 4.90 Å². The van der Waals surface area contributed by atoms with Gasteiger partial charge >= 0.3 is 5.97 Å². The van der Waals surface area contributed by atoms with Crippen molar-refractivity contribution in [2.75, 3.05) is 13.2 Å². The monoisotopic (exact) mass is 487 g/mol. The molecule has 0 saturated carbocycles. The van der Waals surface area contributed by atoms with Crippen molar-refractivity contribution >= 4 is 11.9 Å². The van der Waals surface area contributed by atoms with Crippen molar-refractivity contribution in [3.8, 4) is 5.75 Å². The van der Waals surface area contributed by atoms with Crippen molar-refractivity contribution in [1.29, 1.82) is 0 Å². The van der Waals surface area contributed by atoms with Crippen molar-refractivity contribution in [3.05, 3.63) is 101 Å². The summed E-state index contributed by atoms with van der Waals surface area (Å²) in [5.41, 5.74) is 4.38. The highest BCUT2D eigenvalue weighted by Gasteiger charge is 2.41. The van der Waals surface area contributed by atoms with Crippen molar-refractivity contribution in [2.45, 2.75) is 44.7 Å². The molecule has 0 radical (unpaired) electrons. The predicted molar refractivity (Wildman–Crippen MR) is 133 cm³/mol. The van der Waals surface area contributed by atoms with Crippen molar-refractivity contribution in [3.63, 3.8) is 0 Å². The number of hydrogen-bond donors (Lipinski definition) is 1. The zero-order chi connectivity index (χ0) is 25.1. The molecule has 2 aliphatic heterocycles. The van der Waals surface area contributed by atoms with E-state index < -0.39 is 18.1 Å². The molecule has 3 aromatic rings. The average molecular weight is 488 g/mol. The molecule has 5 rings (SSSR count). The first-order chi connectivity index (χ1) is 17.5. The van der Waals surface area contributed by atoms with E-state index >= 15 is 0 Å². The van der Waals surface area contributed by atoms with E-state index in [1.165, 1.54) is 4.90 Å². The smallest absolute Gasteiger partial charge is 0.326 e. The maximum absolute atomic E-state index is 13.8. The zero-order valence-electron chi connectivity index (χ0n) is 20.1. The molecule has 2 aliphatic rings. The van der Waals surface area contributed by atoms with Gasteiger partial charge in [-0.15, -0.1) is 0 Å². The molecular weight excluding hydrogens is 458 g/mol. The van der Waals surface area contributed by atoms with Gasteiger partial charge < -0.3 is 24.2 Å². The molecule has 2 heterocycles.